The van der Waals surface area contributed by atoms with Crippen LogP contribution in [0.3, 0.4) is 0 Å². The first-order chi connectivity index (χ1) is 11.7. The highest BCUT2D eigenvalue weighted by molar-refractivity contribution is 5.96. The van der Waals surface area contributed by atoms with E-state index in [1.54, 1.807) is 18.2 Å². The fourth-order valence-corrected chi connectivity index (χ4v) is 2.11. The lowest BCUT2D eigenvalue weighted by Gasteiger charge is -2.13. The summed E-state index contributed by atoms with van der Waals surface area (Å²) >= 11 is 0. The minimum atomic E-state index is -4.60. The summed E-state index contributed by atoms with van der Waals surface area (Å²) in [5.41, 5.74) is 0.800. The summed E-state index contributed by atoms with van der Waals surface area (Å²) in [6.07, 6.45) is -4.60. The second kappa shape index (κ2) is 7.38. The predicted molar refractivity (Wildman–Crippen MR) is 86.3 cm³/mol. The number of halogens is 3. The molecule has 0 atom stereocenters. The molecule has 1 N–H and O–H groups in total. The van der Waals surface area contributed by atoms with Crippen LogP contribution in [0.5, 0.6) is 0 Å². The summed E-state index contributed by atoms with van der Waals surface area (Å²) < 4.78 is 43.5. The van der Waals surface area contributed by atoms with Gasteiger partial charge in [0.05, 0.1) is 16.8 Å². The molecule has 4 nitrogen and oxygen atoms in total. The van der Waals surface area contributed by atoms with Crippen LogP contribution < -0.4 is 5.32 Å². The van der Waals surface area contributed by atoms with Crippen LogP contribution in [0, 0.1) is 13.8 Å². The van der Waals surface area contributed by atoms with Gasteiger partial charge in [0.15, 0.2) is 6.61 Å². The molecule has 0 saturated heterocycles. The Balaban J connectivity index is 1.99. The van der Waals surface area contributed by atoms with Gasteiger partial charge in [-0.3, -0.25) is 4.79 Å². The number of rotatable bonds is 4. The van der Waals surface area contributed by atoms with E-state index in [-0.39, 0.29) is 11.3 Å². The number of para-hydroxylation sites is 1. The van der Waals surface area contributed by atoms with Gasteiger partial charge >= 0.3 is 12.1 Å². The van der Waals surface area contributed by atoms with Crippen LogP contribution in [0.2, 0.25) is 0 Å². The Morgan fingerprint density at radius 1 is 1.04 bits per heavy atom. The molecule has 0 unspecified atom stereocenters. The second-order valence-electron chi connectivity index (χ2n) is 5.47. The lowest BCUT2D eigenvalue weighted by molar-refractivity contribution is -0.137. The van der Waals surface area contributed by atoms with E-state index in [0.29, 0.717) is 0 Å². The topological polar surface area (TPSA) is 55.4 Å². The average Bonchev–Trinajstić information content (AvgIpc) is 2.54. The summed E-state index contributed by atoms with van der Waals surface area (Å²) in [5, 5.41) is 2.11. The van der Waals surface area contributed by atoms with Gasteiger partial charge in [0.2, 0.25) is 0 Å². The van der Waals surface area contributed by atoms with Crippen LogP contribution in [0.4, 0.5) is 18.9 Å². The molecule has 0 aliphatic heterocycles. The van der Waals surface area contributed by atoms with E-state index in [9.17, 15) is 22.8 Å². The number of hydrogen-bond donors (Lipinski definition) is 1. The Labute approximate surface area is 142 Å². The third-order valence-electron chi connectivity index (χ3n) is 3.58. The number of carbonyl (C=O) groups is 2. The van der Waals surface area contributed by atoms with Crippen LogP contribution in [-0.4, -0.2) is 18.5 Å². The van der Waals surface area contributed by atoms with E-state index < -0.39 is 30.2 Å². The minimum Gasteiger partial charge on any atom is -0.452 e. The van der Waals surface area contributed by atoms with Gasteiger partial charge < -0.3 is 10.1 Å². The van der Waals surface area contributed by atoms with E-state index in [2.05, 4.69) is 5.32 Å². The van der Waals surface area contributed by atoms with Crippen molar-refractivity contribution in [3.8, 4) is 0 Å². The summed E-state index contributed by atoms with van der Waals surface area (Å²) in [6.45, 7) is 3.03. The largest absolute Gasteiger partial charge is 0.452 e. The monoisotopic (exact) mass is 351 g/mol. The molecule has 132 valence electrons. The molecule has 1 amide bonds. The first-order valence-electron chi connectivity index (χ1n) is 7.39. The van der Waals surface area contributed by atoms with Gasteiger partial charge in [-0.1, -0.05) is 18.2 Å². The Morgan fingerprint density at radius 3 is 2.36 bits per heavy atom. The Kier molecular flexibility index (Phi) is 5.46. The maximum atomic E-state index is 12.9. The highest BCUT2D eigenvalue weighted by Crippen LogP contribution is 2.34. The number of aryl methyl sites for hydroxylation is 2. The zero-order valence-electron chi connectivity index (χ0n) is 13.6. The van der Waals surface area contributed by atoms with Crippen LogP contribution in [-0.2, 0) is 15.7 Å². The van der Waals surface area contributed by atoms with E-state index >= 15 is 0 Å². The van der Waals surface area contributed by atoms with Gasteiger partial charge in [-0.2, -0.15) is 13.2 Å². The number of carbonyl (C=O) groups excluding carboxylic acids is 2. The SMILES string of the molecule is Cc1ccc(C(=O)OCC(=O)Nc2ccccc2C(F)(F)F)cc1C. The zero-order chi connectivity index (χ0) is 18.6. The summed E-state index contributed by atoms with van der Waals surface area (Å²) in [7, 11) is 0. The number of hydrogen-bond acceptors (Lipinski definition) is 3. The lowest BCUT2D eigenvalue weighted by atomic mass is 10.1. The molecule has 0 bridgehead atoms. The molecule has 0 aromatic heterocycles. The number of anilines is 1. The molecule has 0 fully saturated rings. The normalized spacial score (nSPS) is 11.1. The van der Waals surface area contributed by atoms with Crippen molar-refractivity contribution in [1.82, 2.24) is 0 Å². The Hall–Kier alpha value is -2.83. The quantitative estimate of drug-likeness (QED) is 0.843. The molecule has 0 aliphatic rings. The van der Waals surface area contributed by atoms with E-state index in [0.717, 1.165) is 23.3 Å². The molecule has 2 aromatic carbocycles. The Morgan fingerprint density at radius 2 is 1.72 bits per heavy atom. The lowest BCUT2D eigenvalue weighted by Crippen LogP contribution is -2.22. The number of amides is 1. The van der Waals surface area contributed by atoms with Crippen LogP contribution >= 0.6 is 0 Å². The van der Waals surface area contributed by atoms with Gasteiger partial charge in [0.1, 0.15) is 0 Å². The molecule has 2 aromatic rings. The number of nitrogens with one attached hydrogen (secondary N) is 1. The number of benzene rings is 2. The fraction of sp³-hybridized carbons (Fsp3) is 0.222. The standard InChI is InChI=1S/C18H16F3NO3/c1-11-7-8-13(9-12(11)2)17(24)25-10-16(23)22-15-6-4-3-5-14(15)18(19,20)21/h3-9H,10H2,1-2H3,(H,22,23). The first-order valence-corrected chi connectivity index (χ1v) is 7.39. The summed E-state index contributed by atoms with van der Waals surface area (Å²) in [6, 6.07) is 9.49. The summed E-state index contributed by atoms with van der Waals surface area (Å²) in [5.74, 6) is -1.57. The molecule has 25 heavy (non-hydrogen) atoms. The van der Waals surface area contributed by atoms with Crippen molar-refractivity contribution in [2.24, 2.45) is 0 Å². The van der Waals surface area contributed by atoms with Crippen molar-refractivity contribution >= 4 is 17.6 Å². The van der Waals surface area contributed by atoms with Crippen molar-refractivity contribution in [1.29, 1.82) is 0 Å². The van der Waals surface area contributed by atoms with Gasteiger partial charge in [-0.05, 0) is 49.2 Å². The highest BCUT2D eigenvalue weighted by atomic mass is 19.4. The van der Waals surface area contributed by atoms with Crippen LogP contribution in [0.15, 0.2) is 42.5 Å². The summed E-state index contributed by atoms with van der Waals surface area (Å²) in [4.78, 5) is 23.7. The van der Waals surface area contributed by atoms with Gasteiger partial charge in [-0.15, -0.1) is 0 Å². The third-order valence-corrected chi connectivity index (χ3v) is 3.58. The van der Waals surface area contributed by atoms with Crippen molar-refractivity contribution in [2.45, 2.75) is 20.0 Å². The van der Waals surface area contributed by atoms with Gasteiger partial charge in [0.25, 0.3) is 5.91 Å². The zero-order valence-corrected chi connectivity index (χ0v) is 13.6. The molecule has 0 aliphatic carbocycles. The second-order valence-corrected chi connectivity index (χ2v) is 5.47. The Bertz CT molecular complexity index is 800. The van der Waals surface area contributed by atoms with Crippen molar-refractivity contribution in [3.63, 3.8) is 0 Å². The van der Waals surface area contributed by atoms with Crippen LogP contribution in [0.1, 0.15) is 27.0 Å². The molecule has 7 heteroatoms. The number of ether oxygens (including phenoxy) is 1. The van der Waals surface area contributed by atoms with E-state index in [1.807, 2.05) is 13.8 Å². The van der Waals surface area contributed by atoms with Crippen molar-refractivity contribution < 1.29 is 27.5 Å². The van der Waals surface area contributed by atoms with Crippen LogP contribution in [0.25, 0.3) is 0 Å². The minimum absolute atomic E-state index is 0.270. The molecule has 0 spiro atoms. The molecule has 0 heterocycles. The highest BCUT2D eigenvalue weighted by Gasteiger charge is 2.33. The molecule has 0 radical (unpaired) electrons. The maximum Gasteiger partial charge on any atom is 0.418 e. The molecular formula is C18H16F3NO3. The number of esters is 1. The van der Waals surface area contributed by atoms with Gasteiger partial charge in [0, 0.05) is 0 Å². The first kappa shape index (κ1) is 18.5. The van der Waals surface area contributed by atoms with Gasteiger partial charge in [-0.25, -0.2) is 4.79 Å². The predicted octanol–water partition coefficient (Wildman–Crippen LogP) is 4.12. The molecule has 0 saturated carbocycles. The van der Waals surface area contributed by atoms with Crippen molar-refractivity contribution in [3.05, 3.63) is 64.7 Å². The maximum absolute atomic E-state index is 12.9. The fourth-order valence-electron chi connectivity index (χ4n) is 2.11. The molecular weight excluding hydrogens is 335 g/mol. The van der Waals surface area contributed by atoms with E-state index in [4.69, 9.17) is 4.74 Å². The van der Waals surface area contributed by atoms with Crippen molar-refractivity contribution in [2.75, 3.05) is 11.9 Å². The molecule has 2 rings (SSSR count). The van der Waals surface area contributed by atoms with E-state index in [1.165, 1.54) is 12.1 Å². The average molecular weight is 351 g/mol. The number of alkyl halides is 3. The third kappa shape index (κ3) is 4.82. The smallest absolute Gasteiger partial charge is 0.418 e.